The van der Waals surface area contributed by atoms with E-state index >= 15 is 0 Å². The minimum Gasteiger partial charge on any atom is -0.372 e. The first kappa shape index (κ1) is 19.5. The molecule has 0 saturated heterocycles. The second-order valence-corrected chi connectivity index (χ2v) is 7.16. The zero-order chi connectivity index (χ0) is 20.9. The molecule has 148 valence electrons. The summed E-state index contributed by atoms with van der Waals surface area (Å²) in [5, 5.41) is 18.1. The molecule has 8 nitrogen and oxygen atoms in total. The van der Waals surface area contributed by atoms with Gasteiger partial charge in [-0.2, -0.15) is 26.7 Å². The molecule has 1 heterocycles. The van der Waals surface area contributed by atoms with Crippen molar-refractivity contribution < 1.29 is 35.1 Å². The van der Waals surface area contributed by atoms with Gasteiger partial charge in [-0.25, -0.2) is 4.39 Å². The summed E-state index contributed by atoms with van der Waals surface area (Å²) in [5.41, 5.74) is -6.13. The van der Waals surface area contributed by atoms with Crippen LogP contribution < -0.4 is 4.18 Å². The topological polar surface area (TPSA) is 115 Å². The minimum atomic E-state index is -6.21. The van der Waals surface area contributed by atoms with Gasteiger partial charge in [0.1, 0.15) is 0 Å². The van der Waals surface area contributed by atoms with Gasteiger partial charge in [0.05, 0.1) is 16.5 Å². The molecular formula is C15H9F4N3O5S. The van der Waals surface area contributed by atoms with Gasteiger partial charge in [-0.3, -0.25) is 15.2 Å². The number of alkyl halides is 3. The van der Waals surface area contributed by atoms with Crippen molar-refractivity contribution in [3.63, 3.8) is 0 Å². The number of H-pyrrole nitrogens is 1. The van der Waals surface area contributed by atoms with E-state index in [0.717, 1.165) is 6.07 Å². The number of nitrogens with one attached hydrogen (secondary N) is 1. The van der Waals surface area contributed by atoms with Crippen molar-refractivity contribution in [2.45, 2.75) is 12.4 Å². The summed E-state index contributed by atoms with van der Waals surface area (Å²) >= 11 is 0. The number of hydrogen-bond donors (Lipinski definition) is 1. The number of hydrogen-bond acceptors (Lipinski definition) is 6. The van der Waals surface area contributed by atoms with E-state index in [1.165, 1.54) is 18.2 Å². The third kappa shape index (κ3) is 3.35. The van der Waals surface area contributed by atoms with E-state index < -0.39 is 43.4 Å². The Bertz CT molecular complexity index is 1200. The fraction of sp³-hybridized carbons (Fsp3) is 0.133. The quantitative estimate of drug-likeness (QED) is 0.226. The molecule has 3 aromatic rings. The van der Waals surface area contributed by atoms with Crippen LogP contribution in [-0.4, -0.2) is 29.0 Å². The molecule has 0 bridgehead atoms. The van der Waals surface area contributed by atoms with E-state index in [4.69, 9.17) is 0 Å². The molecule has 0 radical (unpaired) electrons. The molecule has 3 rings (SSSR count). The van der Waals surface area contributed by atoms with Crippen LogP contribution in [0.4, 0.5) is 23.2 Å². The molecule has 1 aromatic heterocycles. The van der Waals surface area contributed by atoms with Crippen LogP contribution in [0.25, 0.3) is 22.0 Å². The van der Waals surface area contributed by atoms with Crippen LogP contribution in [0.15, 0.2) is 30.3 Å². The van der Waals surface area contributed by atoms with Gasteiger partial charge in [0.15, 0.2) is 11.6 Å². The molecule has 13 heteroatoms. The highest BCUT2D eigenvalue weighted by molar-refractivity contribution is 7.88. The van der Waals surface area contributed by atoms with Crippen LogP contribution >= 0.6 is 0 Å². The summed E-state index contributed by atoms with van der Waals surface area (Å²) in [4.78, 5) is 10.0. The number of nitro benzene ring substituents is 1. The Labute approximate surface area is 154 Å². The van der Waals surface area contributed by atoms with Gasteiger partial charge in [-0.1, -0.05) is 6.07 Å². The van der Waals surface area contributed by atoms with E-state index in [2.05, 4.69) is 14.4 Å². The predicted octanol–water partition coefficient (Wildman–Crippen LogP) is 3.81. The minimum absolute atomic E-state index is 0.00743. The lowest BCUT2D eigenvalue weighted by molar-refractivity contribution is -0.385. The number of nitrogens with zero attached hydrogens (tertiary/aromatic N) is 2. The fourth-order valence-electron chi connectivity index (χ4n) is 2.45. The number of rotatable bonds is 4. The van der Waals surface area contributed by atoms with Crippen LogP contribution in [0.1, 0.15) is 5.69 Å². The van der Waals surface area contributed by atoms with E-state index in [1.807, 2.05) is 0 Å². The van der Waals surface area contributed by atoms with Gasteiger partial charge in [0, 0.05) is 22.7 Å². The van der Waals surface area contributed by atoms with Crippen molar-refractivity contribution in [2.75, 3.05) is 0 Å². The number of aryl methyl sites for hydroxylation is 1. The third-order valence-corrected chi connectivity index (χ3v) is 4.72. The molecule has 0 aliphatic carbocycles. The first-order chi connectivity index (χ1) is 12.9. The molecule has 0 aliphatic heterocycles. The Hall–Kier alpha value is -3.22. The van der Waals surface area contributed by atoms with Gasteiger partial charge in [0.25, 0.3) is 5.69 Å². The van der Waals surface area contributed by atoms with Gasteiger partial charge in [-0.15, -0.1) is 0 Å². The number of fused-ring (bicyclic) bond motifs is 1. The molecule has 0 unspecified atom stereocenters. The second kappa shape index (κ2) is 6.44. The SMILES string of the molecule is Cc1[nH]nc2ccc(-c3cc([N+](=O)[O-])cc(F)c3OS(=O)(=O)C(F)(F)F)cc12. The maximum absolute atomic E-state index is 14.3. The summed E-state index contributed by atoms with van der Waals surface area (Å²) in [6.07, 6.45) is 0. The number of aromatic nitrogens is 2. The average Bonchev–Trinajstić information content (AvgIpc) is 2.95. The van der Waals surface area contributed by atoms with E-state index in [9.17, 15) is 36.1 Å². The largest absolute Gasteiger partial charge is 0.534 e. The van der Waals surface area contributed by atoms with E-state index in [1.54, 1.807) is 6.92 Å². The van der Waals surface area contributed by atoms with Crippen molar-refractivity contribution in [2.24, 2.45) is 0 Å². The smallest absolute Gasteiger partial charge is 0.372 e. The van der Waals surface area contributed by atoms with Gasteiger partial charge < -0.3 is 4.18 Å². The predicted molar refractivity (Wildman–Crippen MR) is 88.5 cm³/mol. The van der Waals surface area contributed by atoms with Gasteiger partial charge in [0.2, 0.25) is 0 Å². The lowest BCUT2D eigenvalue weighted by Crippen LogP contribution is -2.28. The van der Waals surface area contributed by atoms with Crippen LogP contribution in [0.3, 0.4) is 0 Å². The highest BCUT2D eigenvalue weighted by Crippen LogP contribution is 2.40. The molecule has 0 amide bonds. The molecule has 2 aromatic carbocycles. The lowest BCUT2D eigenvalue weighted by atomic mass is 10.0. The average molecular weight is 419 g/mol. The number of halogens is 4. The van der Waals surface area contributed by atoms with Crippen molar-refractivity contribution in [3.05, 3.63) is 52.0 Å². The van der Waals surface area contributed by atoms with Crippen LogP contribution in [0, 0.1) is 22.9 Å². The van der Waals surface area contributed by atoms with Crippen molar-refractivity contribution in [1.82, 2.24) is 10.2 Å². The summed E-state index contributed by atoms with van der Waals surface area (Å²) in [6, 6.07) is 5.06. The Kier molecular flexibility index (Phi) is 4.49. The summed E-state index contributed by atoms with van der Waals surface area (Å²) in [6.45, 7) is 1.64. The molecule has 0 atom stereocenters. The van der Waals surface area contributed by atoms with Crippen molar-refractivity contribution in [3.8, 4) is 16.9 Å². The molecule has 0 aliphatic rings. The van der Waals surface area contributed by atoms with E-state index in [-0.39, 0.29) is 11.6 Å². The molecule has 1 N–H and O–H groups in total. The summed E-state index contributed by atoms with van der Waals surface area (Å²) in [5.74, 6) is -2.94. The highest BCUT2D eigenvalue weighted by Gasteiger charge is 2.49. The Morgan fingerprint density at radius 3 is 2.50 bits per heavy atom. The van der Waals surface area contributed by atoms with Crippen LogP contribution in [-0.2, 0) is 10.1 Å². The lowest BCUT2D eigenvalue weighted by Gasteiger charge is -2.14. The normalized spacial score (nSPS) is 12.3. The van der Waals surface area contributed by atoms with Gasteiger partial charge in [-0.05, 0) is 24.6 Å². The molecule has 0 fully saturated rings. The Balaban J connectivity index is 2.27. The molecule has 0 saturated carbocycles. The maximum Gasteiger partial charge on any atom is 0.534 e. The first-order valence-corrected chi connectivity index (χ1v) is 8.75. The summed E-state index contributed by atoms with van der Waals surface area (Å²) < 4.78 is 78.9. The van der Waals surface area contributed by atoms with Crippen molar-refractivity contribution in [1.29, 1.82) is 0 Å². The second-order valence-electron chi connectivity index (χ2n) is 5.63. The van der Waals surface area contributed by atoms with Crippen LogP contribution in [0.5, 0.6) is 5.75 Å². The first-order valence-electron chi connectivity index (χ1n) is 7.34. The summed E-state index contributed by atoms with van der Waals surface area (Å²) in [7, 11) is -6.21. The standard InChI is InChI=1S/C15H9F4N3O5S/c1-7-10-4-8(2-3-13(10)21-20-7)11-5-9(22(23)24)6-12(16)14(11)27-28(25,26)15(17,18)19/h2-6H,1H3,(H,20,21). The number of aromatic amines is 1. The number of non-ortho nitro benzene ring substituents is 1. The van der Waals surface area contributed by atoms with Crippen LogP contribution in [0.2, 0.25) is 0 Å². The monoisotopic (exact) mass is 419 g/mol. The molecular weight excluding hydrogens is 410 g/mol. The third-order valence-electron chi connectivity index (χ3n) is 3.77. The molecule has 0 spiro atoms. The number of benzene rings is 2. The van der Waals surface area contributed by atoms with Crippen molar-refractivity contribution >= 4 is 26.7 Å². The maximum atomic E-state index is 14.3. The zero-order valence-corrected chi connectivity index (χ0v) is 14.6. The highest BCUT2D eigenvalue weighted by atomic mass is 32.2. The Morgan fingerprint density at radius 1 is 1.21 bits per heavy atom. The van der Waals surface area contributed by atoms with Gasteiger partial charge >= 0.3 is 15.6 Å². The number of nitro groups is 1. The zero-order valence-electron chi connectivity index (χ0n) is 13.7. The fourth-order valence-corrected chi connectivity index (χ4v) is 2.93. The molecule has 28 heavy (non-hydrogen) atoms. The van der Waals surface area contributed by atoms with E-state index in [0.29, 0.717) is 16.6 Å². The Morgan fingerprint density at radius 2 is 1.89 bits per heavy atom.